The van der Waals surface area contributed by atoms with Crippen molar-refractivity contribution in [1.82, 2.24) is 0 Å². The van der Waals surface area contributed by atoms with Crippen LogP contribution in [0.15, 0.2) is 0 Å². The summed E-state index contributed by atoms with van der Waals surface area (Å²) in [5.41, 5.74) is 0.0157. The molecule has 4 aliphatic rings. The molecule has 0 saturated heterocycles. The van der Waals surface area contributed by atoms with Gasteiger partial charge in [0.25, 0.3) is 0 Å². The molecule has 0 amide bonds. The molecular weight excluding hydrogens is 364 g/mol. The van der Waals surface area contributed by atoms with Crippen molar-refractivity contribution in [3.63, 3.8) is 0 Å². The van der Waals surface area contributed by atoms with E-state index >= 15 is 0 Å². The number of hydrogen-bond acceptors (Lipinski definition) is 4. The summed E-state index contributed by atoms with van der Waals surface area (Å²) < 4.78 is 4.83. The van der Waals surface area contributed by atoms with Crippen LogP contribution in [-0.4, -0.2) is 30.1 Å². The second-order valence-corrected chi connectivity index (χ2v) is 11.3. The highest BCUT2D eigenvalue weighted by atomic mass is 16.5. The van der Waals surface area contributed by atoms with Crippen LogP contribution in [0.3, 0.4) is 0 Å². The lowest BCUT2D eigenvalue weighted by Gasteiger charge is -2.60. The van der Waals surface area contributed by atoms with Crippen LogP contribution in [0.5, 0.6) is 0 Å². The predicted molar refractivity (Wildman–Crippen MR) is 112 cm³/mol. The number of hydrogen-bond donors (Lipinski definition) is 1. The van der Waals surface area contributed by atoms with Gasteiger partial charge in [0.05, 0.1) is 13.2 Å². The Morgan fingerprint density at radius 1 is 1.17 bits per heavy atom. The fourth-order valence-electron chi connectivity index (χ4n) is 8.53. The normalized spacial score (nSPS) is 47.7. The molecule has 0 aromatic rings. The van der Waals surface area contributed by atoms with Crippen LogP contribution in [0.25, 0.3) is 0 Å². The summed E-state index contributed by atoms with van der Waals surface area (Å²) in [4.78, 5) is 25.3. The van der Waals surface area contributed by atoms with Crippen LogP contribution >= 0.6 is 0 Å². The van der Waals surface area contributed by atoms with Crippen molar-refractivity contribution in [2.45, 2.75) is 91.1 Å². The Hall–Kier alpha value is -0.900. The zero-order valence-corrected chi connectivity index (χ0v) is 18.8. The first-order valence-electron chi connectivity index (χ1n) is 12.0. The minimum atomic E-state index is -0.214. The molecule has 1 N–H and O–H groups in total. The molecule has 4 rings (SSSR count). The van der Waals surface area contributed by atoms with E-state index in [1.807, 2.05) is 0 Å². The summed E-state index contributed by atoms with van der Waals surface area (Å²) in [6, 6.07) is 0. The summed E-state index contributed by atoms with van der Waals surface area (Å²) in [7, 11) is 1.45. The summed E-state index contributed by atoms with van der Waals surface area (Å²) >= 11 is 0. The first-order valence-corrected chi connectivity index (χ1v) is 12.0. The minimum Gasteiger partial charge on any atom is -0.469 e. The second kappa shape index (κ2) is 7.66. The fourth-order valence-corrected chi connectivity index (χ4v) is 8.53. The largest absolute Gasteiger partial charge is 0.469 e. The summed E-state index contributed by atoms with van der Waals surface area (Å²) in [6.45, 7) is 6.94. The number of aliphatic hydroxyl groups is 1. The zero-order chi connectivity index (χ0) is 21.0. The zero-order valence-electron chi connectivity index (χ0n) is 18.8. The van der Waals surface area contributed by atoms with Gasteiger partial charge in [-0.2, -0.15) is 0 Å². The van der Waals surface area contributed by atoms with E-state index in [0.29, 0.717) is 47.7 Å². The van der Waals surface area contributed by atoms with Gasteiger partial charge in [0.2, 0.25) is 0 Å². The van der Waals surface area contributed by atoms with Gasteiger partial charge in [-0.15, -0.1) is 0 Å². The summed E-state index contributed by atoms with van der Waals surface area (Å²) in [6.07, 6.45) is 9.53. The highest BCUT2D eigenvalue weighted by molar-refractivity contribution is 5.87. The average Bonchev–Trinajstić information content (AvgIpc) is 3.06. The summed E-state index contributed by atoms with van der Waals surface area (Å²) in [5, 5.41) is 10.2. The maximum Gasteiger partial charge on any atom is 0.305 e. The van der Waals surface area contributed by atoms with Crippen molar-refractivity contribution >= 4 is 11.8 Å². The number of esters is 1. The maximum atomic E-state index is 13.7. The van der Waals surface area contributed by atoms with Crippen molar-refractivity contribution in [1.29, 1.82) is 0 Å². The molecule has 29 heavy (non-hydrogen) atoms. The Morgan fingerprint density at radius 3 is 2.66 bits per heavy atom. The monoisotopic (exact) mass is 404 g/mol. The molecule has 4 nitrogen and oxygen atoms in total. The lowest BCUT2D eigenvalue weighted by molar-refractivity contribution is -0.160. The van der Waals surface area contributed by atoms with E-state index in [2.05, 4.69) is 20.8 Å². The number of Topliss-reactive ketones (excluding diaryl/α,β-unsaturated/α-hetero) is 1. The Kier molecular flexibility index (Phi) is 5.63. The number of ketones is 1. The molecule has 0 aliphatic heterocycles. The van der Waals surface area contributed by atoms with E-state index in [4.69, 9.17) is 4.74 Å². The highest BCUT2D eigenvalue weighted by Crippen LogP contribution is 2.67. The van der Waals surface area contributed by atoms with Crippen molar-refractivity contribution in [2.75, 3.05) is 7.11 Å². The molecule has 164 valence electrons. The second-order valence-electron chi connectivity index (χ2n) is 11.3. The van der Waals surface area contributed by atoms with Crippen molar-refractivity contribution in [2.24, 2.45) is 46.3 Å². The topological polar surface area (TPSA) is 63.6 Å². The fraction of sp³-hybridized carbons (Fsp3) is 0.920. The van der Waals surface area contributed by atoms with Gasteiger partial charge < -0.3 is 9.84 Å². The molecule has 0 spiro atoms. The molecule has 0 radical (unpaired) electrons. The van der Waals surface area contributed by atoms with E-state index in [1.54, 1.807) is 0 Å². The van der Waals surface area contributed by atoms with Gasteiger partial charge in [-0.25, -0.2) is 0 Å². The van der Waals surface area contributed by atoms with E-state index in [1.165, 1.54) is 26.4 Å². The maximum absolute atomic E-state index is 13.7. The van der Waals surface area contributed by atoms with Gasteiger partial charge in [-0.1, -0.05) is 20.8 Å². The number of methoxy groups -OCH3 is 1. The Balaban J connectivity index is 1.54. The molecule has 9 atom stereocenters. The molecule has 4 fully saturated rings. The minimum absolute atomic E-state index is 0.138. The third-order valence-electron chi connectivity index (χ3n) is 10.3. The smallest absolute Gasteiger partial charge is 0.305 e. The molecule has 0 heterocycles. The number of fused-ring (bicyclic) bond motifs is 5. The third-order valence-corrected chi connectivity index (χ3v) is 10.3. The van der Waals surface area contributed by atoms with Gasteiger partial charge in [0.1, 0.15) is 5.78 Å². The van der Waals surface area contributed by atoms with Crippen LogP contribution in [0.4, 0.5) is 0 Å². The molecule has 0 unspecified atom stereocenters. The highest BCUT2D eigenvalue weighted by Gasteiger charge is 2.63. The molecule has 4 saturated carbocycles. The van der Waals surface area contributed by atoms with E-state index in [9.17, 15) is 14.7 Å². The predicted octanol–water partition coefficient (Wildman–Crippen LogP) is 4.77. The molecule has 4 aliphatic carbocycles. The van der Waals surface area contributed by atoms with Gasteiger partial charge in [0, 0.05) is 18.3 Å². The van der Waals surface area contributed by atoms with Crippen molar-refractivity contribution < 1.29 is 19.4 Å². The average molecular weight is 405 g/mol. The Labute approximate surface area is 176 Å². The number of ether oxygens (including phenoxy) is 1. The van der Waals surface area contributed by atoms with Crippen molar-refractivity contribution in [3.05, 3.63) is 0 Å². The van der Waals surface area contributed by atoms with Gasteiger partial charge in [-0.05, 0) is 92.3 Å². The lowest BCUT2D eigenvalue weighted by Crippen LogP contribution is -2.57. The molecular formula is C25H40O4. The quantitative estimate of drug-likeness (QED) is 0.685. The van der Waals surface area contributed by atoms with Crippen molar-refractivity contribution in [3.8, 4) is 0 Å². The van der Waals surface area contributed by atoms with Crippen LogP contribution in [-0.2, 0) is 14.3 Å². The Bertz CT molecular complexity index is 659. The van der Waals surface area contributed by atoms with E-state index < -0.39 is 0 Å². The lowest BCUT2D eigenvalue weighted by atomic mass is 9.44. The SMILES string of the molecule is COC(=O)CC[C@@H](C)[C@@H]1CC[C@@H]2[C@@H]3CC[C@@H]4C[C@H](O)CC[C@]4(C)[C@H]3CC(=O)[C@@]21C. The van der Waals surface area contributed by atoms with Crippen LogP contribution in [0, 0.1) is 46.3 Å². The van der Waals surface area contributed by atoms with Crippen LogP contribution < -0.4 is 0 Å². The summed E-state index contributed by atoms with van der Waals surface area (Å²) in [5.74, 6) is 3.37. The van der Waals surface area contributed by atoms with E-state index in [-0.39, 0.29) is 22.9 Å². The Morgan fingerprint density at radius 2 is 1.93 bits per heavy atom. The van der Waals surface area contributed by atoms with Gasteiger partial charge in [-0.3, -0.25) is 9.59 Å². The van der Waals surface area contributed by atoms with Crippen LogP contribution in [0.1, 0.15) is 85.0 Å². The number of rotatable bonds is 4. The van der Waals surface area contributed by atoms with Gasteiger partial charge >= 0.3 is 5.97 Å². The van der Waals surface area contributed by atoms with Gasteiger partial charge in [0.15, 0.2) is 0 Å². The molecule has 0 aromatic carbocycles. The third kappa shape index (κ3) is 3.28. The molecule has 0 bridgehead atoms. The molecule has 0 aromatic heterocycles. The number of carbonyl (C=O) groups excluding carboxylic acids is 2. The van der Waals surface area contributed by atoms with E-state index in [0.717, 1.165) is 38.5 Å². The van der Waals surface area contributed by atoms with Crippen LogP contribution in [0.2, 0.25) is 0 Å². The number of carbonyl (C=O) groups is 2. The first kappa shape index (κ1) is 21.3. The molecule has 4 heteroatoms. The standard InChI is InChI=1S/C25H40O4/c1-15(5-10-23(28)29-4)19-8-9-20-18-7-6-16-13-17(26)11-12-24(16,2)21(18)14-22(27)25(19,20)3/h15-21,26H,5-14H2,1-4H3/t15-,16-,17-,18+,19+,20-,21+,24+,25-/m1/s1. The first-order chi connectivity index (χ1) is 13.7. The number of aliphatic hydroxyl groups excluding tert-OH is 1.